The normalized spacial score (nSPS) is 17.7. The van der Waals surface area contributed by atoms with Crippen molar-refractivity contribution in [1.29, 1.82) is 0 Å². The lowest BCUT2D eigenvalue weighted by molar-refractivity contribution is 0.0744. The smallest absolute Gasteiger partial charge is 0.288 e. The van der Waals surface area contributed by atoms with E-state index in [0.29, 0.717) is 18.1 Å². The molecule has 174 valence electrons. The first-order valence-electron chi connectivity index (χ1n) is 11.7. The number of piperidine rings is 1. The van der Waals surface area contributed by atoms with Gasteiger partial charge in [0, 0.05) is 51.2 Å². The Balaban J connectivity index is 1.32. The van der Waals surface area contributed by atoms with Gasteiger partial charge in [0.2, 0.25) is 10.1 Å². The van der Waals surface area contributed by atoms with E-state index >= 15 is 0 Å². The molecule has 4 heterocycles. The van der Waals surface area contributed by atoms with E-state index in [1.165, 1.54) is 38.9 Å². The van der Waals surface area contributed by atoms with Crippen LogP contribution in [0.2, 0.25) is 0 Å². The zero-order chi connectivity index (χ0) is 23.1. The minimum Gasteiger partial charge on any atom is -0.368 e. The van der Waals surface area contributed by atoms with Crippen molar-refractivity contribution >= 4 is 33.0 Å². The van der Waals surface area contributed by atoms with Crippen LogP contribution in [0.5, 0.6) is 0 Å². The molecule has 2 aliphatic rings. The summed E-state index contributed by atoms with van der Waals surface area (Å²) in [5.74, 6) is 0.458. The Hall–Kier alpha value is -2.94. The van der Waals surface area contributed by atoms with Crippen molar-refractivity contribution in [2.24, 2.45) is 5.92 Å². The molecule has 0 radical (unpaired) electrons. The fraction of sp³-hybridized carbons (Fsp3) is 0.500. The molecule has 1 aromatic carbocycles. The summed E-state index contributed by atoms with van der Waals surface area (Å²) in [4.78, 5) is 37.5. The third kappa shape index (κ3) is 4.10. The Kier molecular flexibility index (Phi) is 5.82. The molecule has 0 spiro atoms. The van der Waals surface area contributed by atoms with Crippen LogP contribution in [0, 0.1) is 19.8 Å². The molecule has 9 heteroatoms. The first kappa shape index (κ1) is 21.9. The lowest BCUT2D eigenvalue weighted by atomic mass is 10.00. The lowest BCUT2D eigenvalue weighted by Gasteiger charge is -2.37. The van der Waals surface area contributed by atoms with E-state index in [2.05, 4.69) is 58.9 Å². The predicted octanol–water partition coefficient (Wildman–Crippen LogP) is 2.97. The van der Waals surface area contributed by atoms with Crippen molar-refractivity contribution in [2.75, 3.05) is 49.1 Å². The monoisotopic (exact) mass is 466 g/mol. The number of benzene rings is 1. The number of carbonyl (C=O) groups is 1. The van der Waals surface area contributed by atoms with Crippen LogP contribution in [-0.2, 0) is 0 Å². The van der Waals surface area contributed by atoms with Crippen LogP contribution in [0.4, 0.5) is 10.8 Å². The number of fused-ring (bicyclic) bond motifs is 1. The highest BCUT2D eigenvalue weighted by Crippen LogP contribution is 2.27. The Bertz CT molecular complexity index is 1240. The number of piperazine rings is 1. The molecule has 5 rings (SSSR count). The second-order valence-electron chi connectivity index (χ2n) is 9.22. The number of hydrogen-bond donors (Lipinski definition) is 0. The van der Waals surface area contributed by atoms with Crippen LogP contribution >= 0.6 is 11.3 Å². The predicted molar refractivity (Wildman–Crippen MR) is 132 cm³/mol. The third-order valence-electron chi connectivity index (χ3n) is 7.04. The minimum atomic E-state index is -0.380. The lowest BCUT2D eigenvalue weighted by Crippen LogP contribution is -2.50. The van der Waals surface area contributed by atoms with E-state index in [1.807, 2.05) is 0 Å². The number of nitrogens with zero attached hydrogens (tertiary/aromatic N) is 6. The van der Waals surface area contributed by atoms with Crippen LogP contribution in [0.1, 0.15) is 41.3 Å². The van der Waals surface area contributed by atoms with Crippen molar-refractivity contribution in [1.82, 2.24) is 19.5 Å². The molecule has 2 aliphatic heterocycles. The fourth-order valence-electron chi connectivity index (χ4n) is 4.65. The minimum absolute atomic E-state index is 0.0943. The summed E-state index contributed by atoms with van der Waals surface area (Å²) < 4.78 is 1.30. The Morgan fingerprint density at radius 3 is 2.48 bits per heavy atom. The molecule has 0 N–H and O–H groups in total. The van der Waals surface area contributed by atoms with E-state index < -0.39 is 0 Å². The molecular formula is C24H30N6O2S. The average molecular weight is 467 g/mol. The van der Waals surface area contributed by atoms with E-state index in [4.69, 9.17) is 0 Å². The zero-order valence-corrected chi connectivity index (χ0v) is 20.3. The van der Waals surface area contributed by atoms with Crippen molar-refractivity contribution in [3.63, 3.8) is 0 Å². The first-order valence-corrected chi connectivity index (χ1v) is 12.5. The second kappa shape index (κ2) is 8.78. The molecule has 2 aromatic heterocycles. The summed E-state index contributed by atoms with van der Waals surface area (Å²) in [6.45, 7) is 11.0. The second-order valence-corrected chi connectivity index (χ2v) is 10.2. The van der Waals surface area contributed by atoms with Gasteiger partial charge in [-0.2, -0.15) is 4.52 Å². The van der Waals surface area contributed by atoms with Crippen LogP contribution in [0.3, 0.4) is 0 Å². The van der Waals surface area contributed by atoms with Crippen LogP contribution in [0.25, 0.3) is 4.96 Å². The molecule has 0 saturated carbocycles. The Morgan fingerprint density at radius 2 is 1.76 bits per heavy atom. The molecule has 8 nitrogen and oxygen atoms in total. The summed E-state index contributed by atoms with van der Waals surface area (Å²) >= 11 is 1.41. The van der Waals surface area contributed by atoms with Gasteiger partial charge in [0.25, 0.3) is 11.5 Å². The first-order chi connectivity index (χ1) is 15.9. The zero-order valence-electron chi connectivity index (χ0n) is 19.5. The van der Waals surface area contributed by atoms with Gasteiger partial charge in [-0.05, 0) is 49.8 Å². The molecule has 1 amide bonds. The highest BCUT2D eigenvalue weighted by Gasteiger charge is 2.27. The number of anilines is 2. The number of hydrogen-bond acceptors (Lipinski definition) is 7. The number of amides is 1. The van der Waals surface area contributed by atoms with E-state index in [9.17, 15) is 9.59 Å². The van der Waals surface area contributed by atoms with E-state index in [1.54, 1.807) is 4.90 Å². The van der Waals surface area contributed by atoms with Gasteiger partial charge in [-0.15, -0.1) is 5.10 Å². The summed E-state index contributed by atoms with van der Waals surface area (Å²) in [6.07, 6.45) is 3.67. The quantitative estimate of drug-likeness (QED) is 0.591. The van der Waals surface area contributed by atoms with Gasteiger partial charge in [0.05, 0.1) is 0 Å². The maximum atomic E-state index is 13.2. The van der Waals surface area contributed by atoms with Gasteiger partial charge >= 0.3 is 0 Å². The van der Waals surface area contributed by atoms with Crippen LogP contribution in [0.15, 0.2) is 29.2 Å². The van der Waals surface area contributed by atoms with Gasteiger partial charge in [-0.1, -0.05) is 30.4 Å². The number of carbonyl (C=O) groups excluding carboxylic acids is 1. The number of aromatic nitrogens is 3. The molecule has 0 atom stereocenters. The van der Waals surface area contributed by atoms with Crippen molar-refractivity contribution in [3.8, 4) is 0 Å². The summed E-state index contributed by atoms with van der Waals surface area (Å²) in [7, 11) is 0. The van der Waals surface area contributed by atoms with Gasteiger partial charge in [0.1, 0.15) is 5.56 Å². The number of aryl methyl sites for hydroxylation is 1. The molecular weight excluding hydrogens is 436 g/mol. The standard InChI is InChI=1S/C24H30N6O2S/c1-16-7-9-29(10-8-16)24-26-30-22(32)19(15-25-23(30)33-24)21(31)28-13-11-27(12-14-28)20-6-4-5-17(2)18(20)3/h4-6,15-16H,7-14H2,1-3H3. The third-order valence-corrected chi connectivity index (χ3v) is 8.03. The molecule has 3 aromatic rings. The van der Waals surface area contributed by atoms with Gasteiger partial charge in [0.15, 0.2) is 0 Å². The van der Waals surface area contributed by atoms with E-state index in [0.717, 1.165) is 50.1 Å². The molecule has 2 saturated heterocycles. The largest absolute Gasteiger partial charge is 0.368 e. The Labute approximate surface area is 197 Å². The summed E-state index contributed by atoms with van der Waals surface area (Å²) in [5, 5.41) is 5.33. The van der Waals surface area contributed by atoms with Crippen molar-refractivity contribution in [2.45, 2.75) is 33.6 Å². The Morgan fingerprint density at radius 1 is 1.03 bits per heavy atom. The average Bonchev–Trinajstić information content (AvgIpc) is 3.27. The summed E-state index contributed by atoms with van der Waals surface area (Å²) in [5.41, 5.74) is 3.46. The fourth-order valence-corrected chi connectivity index (χ4v) is 5.56. The maximum Gasteiger partial charge on any atom is 0.288 e. The van der Waals surface area contributed by atoms with Gasteiger partial charge in [-0.25, -0.2) is 4.98 Å². The van der Waals surface area contributed by atoms with Gasteiger partial charge in [-0.3, -0.25) is 9.59 Å². The topological polar surface area (TPSA) is 74.1 Å². The van der Waals surface area contributed by atoms with Gasteiger partial charge < -0.3 is 14.7 Å². The maximum absolute atomic E-state index is 13.2. The van der Waals surface area contributed by atoms with Crippen molar-refractivity contribution < 1.29 is 4.79 Å². The number of rotatable bonds is 3. The molecule has 33 heavy (non-hydrogen) atoms. The van der Waals surface area contributed by atoms with Crippen LogP contribution < -0.4 is 15.4 Å². The molecule has 2 fully saturated rings. The van der Waals surface area contributed by atoms with E-state index in [-0.39, 0.29) is 17.0 Å². The van der Waals surface area contributed by atoms with Crippen molar-refractivity contribution in [3.05, 3.63) is 51.4 Å². The SMILES string of the molecule is Cc1cccc(N2CCN(C(=O)c3cnc4sc(N5CCC(C)CC5)nn4c3=O)CC2)c1C. The van der Waals surface area contributed by atoms with Crippen LogP contribution in [-0.4, -0.2) is 64.7 Å². The molecule has 0 unspecified atom stereocenters. The highest BCUT2D eigenvalue weighted by atomic mass is 32.1. The highest BCUT2D eigenvalue weighted by molar-refractivity contribution is 7.20. The molecule has 0 aliphatic carbocycles. The summed E-state index contributed by atoms with van der Waals surface area (Å²) in [6, 6.07) is 6.32. The molecule has 0 bridgehead atoms.